The highest BCUT2D eigenvalue weighted by Crippen LogP contribution is 2.43. The Morgan fingerprint density at radius 3 is 2.56 bits per heavy atom. The summed E-state index contributed by atoms with van der Waals surface area (Å²) in [5.41, 5.74) is 3.00. The first kappa shape index (κ1) is 18.2. The highest BCUT2D eigenvalue weighted by atomic mass is 32.1. The van der Waals surface area contributed by atoms with E-state index < -0.39 is 0 Å². The molecule has 2 aromatic rings. The summed E-state index contributed by atoms with van der Waals surface area (Å²) in [6, 6.07) is 10.5. The van der Waals surface area contributed by atoms with Gasteiger partial charge in [-0.15, -0.1) is 11.3 Å². The van der Waals surface area contributed by atoms with E-state index in [1.165, 1.54) is 10.4 Å². The lowest BCUT2D eigenvalue weighted by Crippen LogP contribution is -2.19. The van der Waals surface area contributed by atoms with E-state index in [1.54, 1.807) is 11.3 Å². The number of esters is 1. The first-order valence-electron chi connectivity index (χ1n) is 9.74. The van der Waals surface area contributed by atoms with E-state index in [2.05, 4.69) is 29.6 Å². The Hall–Kier alpha value is -2.14. The fraction of sp³-hybridized carbons (Fsp3) is 0.455. The number of amides is 1. The highest BCUT2D eigenvalue weighted by molar-refractivity contribution is 7.17. The zero-order chi connectivity index (χ0) is 19.0. The van der Waals surface area contributed by atoms with Crippen molar-refractivity contribution in [3.05, 3.63) is 51.9 Å². The summed E-state index contributed by atoms with van der Waals surface area (Å²) in [4.78, 5) is 26.3. The highest BCUT2D eigenvalue weighted by Gasteiger charge is 2.34. The quantitative estimate of drug-likeness (QED) is 0.745. The van der Waals surface area contributed by atoms with Gasteiger partial charge in [-0.05, 0) is 63.0 Å². The number of hydrogen-bond acceptors (Lipinski definition) is 4. The molecule has 1 fully saturated rings. The third-order valence-electron chi connectivity index (χ3n) is 5.27. The SMILES string of the molecule is CC(C)OC(=O)c1c(NC(=O)C2CC2)sc2c1CCC(c1ccccc1)C2. The molecule has 1 N–H and O–H groups in total. The third kappa shape index (κ3) is 3.93. The van der Waals surface area contributed by atoms with Gasteiger partial charge in [-0.25, -0.2) is 4.79 Å². The number of hydrogen-bond donors (Lipinski definition) is 1. The second kappa shape index (κ2) is 7.47. The lowest BCUT2D eigenvalue weighted by atomic mass is 9.83. The van der Waals surface area contributed by atoms with Crippen LogP contribution in [0.15, 0.2) is 30.3 Å². The molecule has 4 nitrogen and oxygen atoms in total. The summed E-state index contributed by atoms with van der Waals surface area (Å²) >= 11 is 1.56. The van der Waals surface area contributed by atoms with Crippen LogP contribution in [0.4, 0.5) is 5.00 Å². The molecule has 1 atom stereocenters. The Balaban J connectivity index is 1.64. The number of carbonyl (C=O) groups excluding carboxylic acids is 2. The van der Waals surface area contributed by atoms with Gasteiger partial charge in [-0.1, -0.05) is 30.3 Å². The molecule has 27 heavy (non-hydrogen) atoms. The molecule has 1 aromatic heterocycles. The molecule has 0 saturated heterocycles. The Bertz CT molecular complexity index is 852. The van der Waals surface area contributed by atoms with Gasteiger partial charge in [0.15, 0.2) is 0 Å². The number of carbonyl (C=O) groups is 2. The van der Waals surface area contributed by atoms with Crippen LogP contribution < -0.4 is 5.32 Å². The number of thiophene rings is 1. The molecule has 1 saturated carbocycles. The van der Waals surface area contributed by atoms with Crippen molar-refractivity contribution in [2.75, 3.05) is 5.32 Å². The molecule has 0 bridgehead atoms. The molecule has 1 heterocycles. The van der Waals surface area contributed by atoms with Crippen LogP contribution >= 0.6 is 11.3 Å². The number of benzene rings is 1. The van der Waals surface area contributed by atoms with Gasteiger partial charge in [0.25, 0.3) is 0 Å². The zero-order valence-electron chi connectivity index (χ0n) is 15.8. The van der Waals surface area contributed by atoms with E-state index in [-0.39, 0.29) is 23.9 Å². The van der Waals surface area contributed by atoms with Gasteiger partial charge in [-0.2, -0.15) is 0 Å². The van der Waals surface area contributed by atoms with E-state index in [0.29, 0.717) is 16.5 Å². The van der Waals surface area contributed by atoms with Crippen LogP contribution in [0.1, 0.15) is 65.4 Å². The maximum Gasteiger partial charge on any atom is 0.341 e. The first-order valence-corrected chi connectivity index (χ1v) is 10.6. The molecule has 1 unspecified atom stereocenters. The largest absolute Gasteiger partial charge is 0.459 e. The molecular weight excluding hydrogens is 358 g/mol. The summed E-state index contributed by atoms with van der Waals surface area (Å²) in [5, 5.41) is 3.69. The van der Waals surface area contributed by atoms with Crippen molar-refractivity contribution in [1.82, 2.24) is 0 Å². The molecule has 4 rings (SSSR count). The summed E-state index contributed by atoms with van der Waals surface area (Å²) in [6.45, 7) is 3.70. The smallest absolute Gasteiger partial charge is 0.341 e. The summed E-state index contributed by atoms with van der Waals surface area (Å²) in [6.07, 6.45) is 4.46. The van der Waals surface area contributed by atoms with Crippen LogP contribution in [-0.2, 0) is 22.4 Å². The van der Waals surface area contributed by atoms with Gasteiger partial charge >= 0.3 is 5.97 Å². The Morgan fingerprint density at radius 1 is 1.15 bits per heavy atom. The molecule has 0 aliphatic heterocycles. The second-order valence-electron chi connectivity index (χ2n) is 7.78. The summed E-state index contributed by atoms with van der Waals surface area (Å²) < 4.78 is 5.49. The normalized spacial score (nSPS) is 18.9. The Morgan fingerprint density at radius 2 is 1.89 bits per heavy atom. The topological polar surface area (TPSA) is 55.4 Å². The van der Waals surface area contributed by atoms with E-state index in [1.807, 2.05) is 19.9 Å². The monoisotopic (exact) mass is 383 g/mol. The van der Waals surface area contributed by atoms with Crippen LogP contribution in [0.25, 0.3) is 0 Å². The number of nitrogens with one attached hydrogen (secondary N) is 1. The zero-order valence-corrected chi connectivity index (χ0v) is 16.6. The number of anilines is 1. The Labute approximate surface area is 163 Å². The minimum atomic E-state index is -0.313. The van der Waals surface area contributed by atoms with Crippen molar-refractivity contribution in [2.45, 2.75) is 58.0 Å². The third-order valence-corrected chi connectivity index (χ3v) is 6.44. The van der Waals surface area contributed by atoms with Crippen molar-refractivity contribution in [3.63, 3.8) is 0 Å². The van der Waals surface area contributed by atoms with Crippen LogP contribution in [0.5, 0.6) is 0 Å². The standard InChI is InChI=1S/C22H25NO3S/c1-13(2)26-22(25)19-17-11-10-16(14-6-4-3-5-7-14)12-18(17)27-21(19)23-20(24)15-8-9-15/h3-7,13,15-16H,8-12H2,1-2H3,(H,23,24). The molecule has 0 spiro atoms. The molecular formula is C22H25NO3S. The average molecular weight is 384 g/mol. The summed E-state index contributed by atoms with van der Waals surface area (Å²) in [7, 11) is 0. The molecule has 142 valence electrons. The minimum absolute atomic E-state index is 0.0341. The van der Waals surface area contributed by atoms with Gasteiger partial charge in [-0.3, -0.25) is 4.79 Å². The van der Waals surface area contributed by atoms with Gasteiger partial charge < -0.3 is 10.1 Å². The van der Waals surface area contributed by atoms with Crippen molar-refractivity contribution in [1.29, 1.82) is 0 Å². The number of rotatable bonds is 5. The average Bonchev–Trinajstić information content (AvgIpc) is 3.43. The second-order valence-corrected chi connectivity index (χ2v) is 8.88. The van der Waals surface area contributed by atoms with Gasteiger partial charge in [0.05, 0.1) is 11.7 Å². The molecule has 1 amide bonds. The van der Waals surface area contributed by atoms with Crippen LogP contribution in [-0.4, -0.2) is 18.0 Å². The predicted molar refractivity (Wildman–Crippen MR) is 107 cm³/mol. The van der Waals surface area contributed by atoms with Crippen molar-refractivity contribution < 1.29 is 14.3 Å². The van der Waals surface area contributed by atoms with Crippen molar-refractivity contribution in [2.24, 2.45) is 5.92 Å². The van der Waals surface area contributed by atoms with Crippen LogP contribution in [0.3, 0.4) is 0 Å². The summed E-state index contributed by atoms with van der Waals surface area (Å²) in [5.74, 6) is 0.284. The fourth-order valence-corrected chi connectivity index (χ4v) is 5.05. The van der Waals surface area contributed by atoms with E-state index in [9.17, 15) is 9.59 Å². The predicted octanol–water partition coefficient (Wildman–Crippen LogP) is 4.93. The molecule has 2 aliphatic rings. The molecule has 2 aliphatic carbocycles. The lowest BCUT2D eigenvalue weighted by molar-refractivity contribution is -0.117. The van der Waals surface area contributed by atoms with Gasteiger partial charge in [0.1, 0.15) is 5.00 Å². The maximum atomic E-state index is 12.8. The fourth-order valence-electron chi connectivity index (χ4n) is 3.73. The van der Waals surface area contributed by atoms with Crippen molar-refractivity contribution in [3.8, 4) is 0 Å². The van der Waals surface area contributed by atoms with Crippen LogP contribution in [0, 0.1) is 5.92 Å². The Kier molecular flexibility index (Phi) is 5.04. The molecule has 5 heteroatoms. The van der Waals surface area contributed by atoms with Gasteiger partial charge in [0, 0.05) is 10.8 Å². The maximum absolute atomic E-state index is 12.8. The lowest BCUT2D eigenvalue weighted by Gasteiger charge is -2.23. The number of fused-ring (bicyclic) bond motifs is 1. The van der Waals surface area contributed by atoms with Crippen LogP contribution in [0.2, 0.25) is 0 Å². The van der Waals surface area contributed by atoms with E-state index >= 15 is 0 Å². The van der Waals surface area contributed by atoms with E-state index in [4.69, 9.17) is 4.74 Å². The first-order chi connectivity index (χ1) is 13.0. The minimum Gasteiger partial charge on any atom is -0.459 e. The van der Waals surface area contributed by atoms with Crippen molar-refractivity contribution >= 4 is 28.2 Å². The molecule has 0 radical (unpaired) electrons. The van der Waals surface area contributed by atoms with Gasteiger partial charge in [0.2, 0.25) is 5.91 Å². The molecule has 1 aromatic carbocycles. The van der Waals surface area contributed by atoms with E-state index in [0.717, 1.165) is 37.7 Å². The number of ether oxygens (including phenoxy) is 1.